The second-order valence-electron chi connectivity index (χ2n) is 7.70. The number of nitrogens with one attached hydrogen (secondary N) is 1. The van der Waals surface area contributed by atoms with Crippen molar-refractivity contribution < 1.29 is 14.6 Å². The van der Waals surface area contributed by atoms with Gasteiger partial charge in [-0.1, -0.05) is 25.3 Å². The van der Waals surface area contributed by atoms with Gasteiger partial charge in [0.25, 0.3) is 0 Å². The molecule has 0 amide bonds. The number of thioether (sulfide) groups is 1. The Hall–Kier alpha value is -0.950. The van der Waals surface area contributed by atoms with Crippen LogP contribution in [0.4, 0.5) is 0 Å². The first-order valence-corrected chi connectivity index (χ1v) is 11.9. The number of ether oxygens (including phenoxy) is 2. The molecule has 0 aliphatic heterocycles. The first kappa shape index (κ1) is 23.3. The van der Waals surface area contributed by atoms with Gasteiger partial charge in [0.1, 0.15) is 12.7 Å². The number of hydrogen-bond donors (Lipinski definition) is 2. The van der Waals surface area contributed by atoms with Gasteiger partial charge in [-0.2, -0.15) is 11.8 Å². The number of aliphatic hydroxyl groups is 1. The third-order valence-corrected chi connectivity index (χ3v) is 6.08. The molecule has 6 heteroatoms. The molecule has 0 saturated heterocycles. The van der Waals surface area contributed by atoms with Gasteiger partial charge in [-0.25, -0.2) is 0 Å². The van der Waals surface area contributed by atoms with Gasteiger partial charge < -0.3 is 24.8 Å². The molecule has 0 bridgehead atoms. The number of hydrogen-bond acceptors (Lipinski definition) is 6. The smallest absolute Gasteiger partial charge is 0.161 e. The summed E-state index contributed by atoms with van der Waals surface area (Å²) in [5.41, 5.74) is 1.17. The van der Waals surface area contributed by atoms with Crippen molar-refractivity contribution in [2.24, 2.45) is 0 Å². The maximum atomic E-state index is 10.4. The van der Waals surface area contributed by atoms with Crippen molar-refractivity contribution in [1.82, 2.24) is 10.2 Å². The van der Waals surface area contributed by atoms with E-state index in [4.69, 9.17) is 9.47 Å². The molecule has 2 rings (SSSR count). The second-order valence-corrected chi connectivity index (χ2v) is 8.69. The Morgan fingerprint density at radius 2 is 2.04 bits per heavy atom. The fourth-order valence-corrected chi connectivity index (χ4v) is 4.19. The molecule has 1 saturated carbocycles. The SMILES string of the molecule is COc1cc(CNCCCSC)ccc1OCC(O)CN(C)C1CCCCC1. The van der Waals surface area contributed by atoms with Crippen molar-refractivity contribution in [3.05, 3.63) is 23.8 Å². The maximum absolute atomic E-state index is 10.4. The number of benzene rings is 1. The quantitative estimate of drug-likeness (QED) is 0.485. The lowest BCUT2D eigenvalue weighted by Crippen LogP contribution is -2.40. The molecule has 0 heterocycles. The van der Waals surface area contributed by atoms with Crippen LogP contribution in [0.15, 0.2) is 18.2 Å². The highest BCUT2D eigenvalue weighted by Gasteiger charge is 2.20. The van der Waals surface area contributed by atoms with Gasteiger partial charge in [0.2, 0.25) is 0 Å². The van der Waals surface area contributed by atoms with E-state index in [0.717, 1.165) is 18.8 Å². The van der Waals surface area contributed by atoms with Crippen molar-refractivity contribution in [3.8, 4) is 11.5 Å². The molecule has 1 aliphatic rings. The minimum atomic E-state index is -0.505. The van der Waals surface area contributed by atoms with Gasteiger partial charge in [0.15, 0.2) is 11.5 Å². The fourth-order valence-electron chi connectivity index (χ4n) is 3.76. The van der Waals surface area contributed by atoms with Gasteiger partial charge >= 0.3 is 0 Å². The highest BCUT2D eigenvalue weighted by atomic mass is 32.2. The van der Waals surface area contributed by atoms with Crippen LogP contribution in [0, 0.1) is 0 Å². The molecule has 160 valence electrons. The zero-order valence-corrected chi connectivity index (χ0v) is 18.6. The van der Waals surface area contributed by atoms with Crippen molar-refractivity contribution in [3.63, 3.8) is 0 Å². The van der Waals surface area contributed by atoms with Gasteiger partial charge in [-0.05, 0) is 62.6 Å². The topological polar surface area (TPSA) is 54.0 Å². The summed E-state index contributed by atoms with van der Waals surface area (Å²) in [4.78, 5) is 2.29. The van der Waals surface area contributed by atoms with Gasteiger partial charge in [0, 0.05) is 19.1 Å². The Morgan fingerprint density at radius 1 is 1.25 bits per heavy atom. The molecule has 5 nitrogen and oxygen atoms in total. The molecule has 1 aliphatic carbocycles. The van der Waals surface area contributed by atoms with E-state index in [2.05, 4.69) is 29.6 Å². The molecule has 1 unspecified atom stereocenters. The third kappa shape index (κ3) is 8.19. The van der Waals surface area contributed by atoms with E-state index in [-0.39, 0.29) is 6.61 Å². The zero-order chi connectivity index (χ0) is 20.2. The van der Waals surface area contributed by atoms with Gasteiger partial charge in [-0.3, -0.25) is 0 Å². The van der Waals surface area contributed by atoms with Crippen molar-refractivity contribution in [1.29, 1.82) is 0 Å². The summed E-state index contributed by atoms with van der Waals surface area (Å²) in [5, 5.41) is 13.9. The van der Waals surface area contributed by atoms with E-state index >= 15 is 0 Å². The summed E-state index contributed by atoms with van der Waals surface area (Å²) in [6.45, 7) is 2.76. The number of rotatable bonds is 13. The highest BCUT2D eigenvalue weighted by Crippen LogP contribution is 2.28. The Bertz CT molecular complexity index is 553. The first-order valence-electron chi connectivity index (χ1n) is 10.5. The molecule has 1 atom stereocenters. The second kappa shape index (κ2) is 13.3. The zero-order valence-electron chi connectivity index (χ0n) is 17.8. The maximum Gasteiger partial charge on any atom is 0.161 e. The lowest BCUT2D eigenvalue weighted by molar-refractivity contribution is 0.0553. The molecular formula is C22H38N2O3S. The van der Waals surface area contributed by atoms with E-state index in [1.807, 2.05) is 23.9 Å². The summed E-state index contributed by atoms with van der Waals surface area (Å²) in [6.07, 6.45) is 9.24. The lowest BCUT2D eigenvalue weighted by atomic mass is 9.94. The Labute approximate surface area is 175 Å². The normalized spacial score (nSPS) is 16.3. The predicted octanol–water partition coefficient (Wildman–Crippen LogP) is 3.54. The lowest BCUT2D eigenvalue weighted by Gasteiger charge is -2.32. The largest absolute Gasteiger partial charge is 0.493 e. The van der Waals surface area contributed by atoms with E-state index in [1.54, 1.807) is 7.11 Å². The Balaban J connectivity index is 1.77. The van der Waals surface area contributed by atoms with Crippen LogP contribution in [0.1, 0.15) is 44.1 Å². The van der Waals surface area contributed by atoms with Gasteiger partial charge in [0.05, 0.1) is 7.11 Å². The van der Waals surface area contributed by atoms with E-state index < -0.39 is 6.10 Å². The monoisotopic (exact) mass is 410 g/mol. The summed E-state index contributed by atoms with van der Waals surface area (Å²) in [6, 6.07) is 6.60. The van der Waals surface area contributed by atoms with E-state index in [9.17, 15) is 5.11 Å². The van der Waals surface area contributed by atoms with Crippen LogP contribution in [-0.4, -0.2) is 68.0 Å². The highest BCUT2D eigenvalue weighted by molar-refractivity contribution is 7.98. The molecular weight excluding hydrogens is 372 g/mol. The van der Waals surface area contributed by atoms with Crippen LogP contribution in [0.3, 0.4) is 0 Å². The molecule has 0 radical (unpaired) electrons. The van der Waals surface area contributed by atoms with Crippen LogP contribution in [0.2, 0.25) is 0 Å². The fraction of sp³-hybridized carbons (Fsp3) is 0.727. The third-order valence-electron chi connectivity index (χ3n) is 5.39. The average Bonchev–Trinajstić information content (AvgIpc) is 2.73. The summed E-state index contributed by atoms with van der Waals surface area (Å²) in [7, 11) is 3.77. The summed E-state index contributed by atoms with van der Waals surface area (Å²) >= 11 is 1.88. The van der Waals surface area contributed by atoms with Crippen LogP contribution in [0.25, 0.3) is 0 Å². The first-order chi connectivity index (χ1) is 13.6. The number of nitrogens with zero attached hydrogens (tertiary/aromatic N) is 1. The molecule has 1 aromatic rings. The summed E-state index contributed by atoms with van der Waals surface area (Å²) in [5.74, 6) is 2.59. The summed E-state index contributed by atoms with van der Waals surface area (Å²) < 4.78 is 11.4. The van der Waals surface area contributed by atoms with Crippen LogP contribution < -0.4 is 14.8 Å². The van der Waals surface area contributed by atoms with Crippen molar-refractivity contribution in [2.75, 3.05) is 45.9 Å². The molecule has 28 heavy (non-hydrogen) atoms. The average molecular weight is 411 g/mol. The number of aliphatic hydroxyl groups excluding tert-OH is 1. The Morgan fingerprint density at radius 3 is 2.75 bits per heavy atom. The van der Waals surface area contributed by atoms with Crippen LogP contribution in [-0.2, 0) is 6.54 Å². The molecule has 2 N–H and O–H groups in total. The molecule has 1 fully saturated rings. The van der Waals surface area contributed by atoms with Gasteiger partial charge in [-0.15, -0.1) is 0 Å². The standard InChI is InChI=1S/C22H38N2O3S/c1-24(19-8-5-4-6-9-19)16-20(25)17-27-21-11-10-18(14-22(21)26-2)15-23-12-7-13-28-3/h10-11,14,19-20,23,25H,4-9,12-13,15-17H2,1-3H3. The molecule has 0 aromatic heterocycles. The molecule has 0 spiro atoms. The Kier molecular flexibility index (Phi) is 11.1. The molecule has 1 aromatic carbocycles. The minimum Gasteiger partial charge on any atom is -0.493 e. The van der Waals surface area contributed by atoms with Crippen LogP contribution in [0.5, 0.6) is 11.5 Å². The number of likely N-dealkylation sites (N-methyl/N-ethyl adjacent to an activating group) is 1. The van der Waals surface area contributed by atoms with E-state index in [1.165, 1.54) is 49.8 Å². The predicted molar refractivity (Wildman–Crippen MR) is 119 cm³/mol. The van der Waals surface area contributed by atoms with Crippen LogP contribution >= 0.6 is 11.8 Å². The van der Waals surface area contributed by atoms with Crippen molar-refractivity contribution in [2.45, 2.75) is 57.2 Å². The minimum absolute atomic E-state index is 0.277. The number of methoxy groups -OCH3 is 1. The van der Waals surface area contributed by atoms with Crippen molar-refractivity contribution >= 4 is 11.8 Å². The van der Waals surface area contributed by atoms with E-state index in [0.29, 0.717) is 18.3 Å².